The van der Waals surface area contributed by atoms with Gasteiger partial charge in [0.2, 0.25) is 0 Å². The van der Waals surface area contributed by atoms with Crippen LogP contribution in [0.5, 0.6) is 0 Å². The van der Waals surface area contributed by atoms with Gasteiger partial charge in [0.1, 0.15) is 0 Å². The molecule has 7 heteroatoms. The molecule has 1 aliphatic heterocycles. The van der Waals surface area contributed by atoms with Gasteiger partial charge in [-0.05, 0) is 44.9 Å². The highest BCUT2D eigenvalue weighted by Gasteiger charge is 2.20. The first-order chi connectivity index (χ1) is 10.9. The number of amides is 3. The third-order valence-corrected chi connectivity index (χ3v) is 4.11. The average Bonchev–Trinajstić information content (AvgIpc) is 2.56. The highest BCUT2D eigenvalue weighted by Crippen LogP contribution is 2.24. The van der Waals surface area contributed by atoms with Crippen molar-refractivity contribution in [2.24, 2.45) is 0 Å². The summed E-state index contributed by atoms with van der Waals surface area (Å²) < 4.78 is 0. The van der Waals surface area contributed by atoms with E-state index in [0.717, 1.165) is 12.8 Å². The summed E-state index contributed by atoms with van der Waals surface area (Å²) in [5.74, 6) is -0.124. The Kier molecular flexibility index (Phi) is 5.85. The lowest BCUT2D eigenvalue weighted by Gasteiger charge is -2.26. The molecule has 23 heavy (non-hydrogen) atoms. The number of carbonyl (C=O) groups is 2. The first kappa shape index (κ1) is 17.6. The predicted molar refractivity (Wildman–Crippen MR) is 89.6 cm³/mol. The second-order valence-electron chi connectivity index (χ2n) is 5.78. The van der Waals surface area contributed by atoms with Gasteiger partial charge in [-0.25, -0.2) is 9.86 Å². The Morgan fingerprint density at radius 1 is 1.35 bits per heavy atom. The van der Waals surface area contributed by atoms with Crippen LogP contribution < -0.4 is 5.32 Å². The molecule has 0 bridgehead atoms. The van der Waals surface area contributed by atoms with E-state index in [0.29, 0.717) is 29.4 Å². The van der Waals surface area contributed by atoms with E-state index in [9.17, 15) is 9.59 Å². The van der Waals surface area contributed by atoms with Gasteiger partial charge in [0, 0.05) is 18.7 Å². The molecule has 1 aliphatic rings. The van der Waals surface area contributed by atoms with Crippen LogP contribution in [0.1, 0.15) is 37.0 Å². The van der Waals surface area contributed by atoms with Crippen molar-refractivity contribution in [1.29, 1.82) is 0 Å². The summed E-state index contributed by atoms with van der Waals surface area (Å²) in [4.78, 5) is 31.5. The number of hydrogen-bond donors (Lipinski definition) is 1. The van der Waals surface area contributed by atoms with Gasteiger partial charge in [0.25, 0.3) is 5.91 Å². The molecule has 6 nitrogen and oxygen atoms in total. The number of halogens is 1. The van der Waals surface area contributed by atoms with Gasteiger partial charge in [-0.3, -0.25) is 9.63 Å². The van der Waals surface area contributed by atoms with E-state index in [1.807, 2.05) is 13.8 Å². The van der Waals surface area contributed by atoms with E-state index in [-0.39, 0.29) is 18.0 Å². The molecule has 0 spiro atoms. The maximum atomic E-state index is 12.4. The fraction of sp³-hybridized carbons (Fsp3) is 0.500. The van der Waals surface area contributed by atoms with Crippen molar-refractivity contribution in [3.05, 3.63) is 28.8 Å². The van der Waals surface area contributed by atoms with Crippen LogP contribution in [0.25, 0.3) is 0 Å². The summed E-state index contributed by atoms with van der Waals surface area (Å²) in [6, 6.07) is 4.55. The SMILES string of the molecule is CC(C)N(C)C(=O)c1ccc(Cl)c(NC(=O)N2CCCCO2)c1. The number of anilines is 1. The molecule has 0 aromatic heterocycles. The number of nitrogens with one attached hydrogen (secondary N) is 1. The molecule has 3 amide bonds. The van der Waals surface area contributed by atoms with Crippen molar-refractivity contribution in [2.75, 3.05) is 25.5 Å². The summed E-state index contributed by atoms with van der Waals surface area (Å²) in [6.07, 6.45) is 1.84. The van der Waals surface area contributed by atoms with E-state index in [1.165, 1.54) is 5.06 Å². The van der Waals surface area contributed by atoms with E-state index in [2.05, 4.69) is 5.32 Å². The maximum absolute atomic E-state index is 12.4. The number of nitrogens with zero attached hydrogens (tertiary/aromatic N) is 2. The molecular formula is C16H22ClN3O3. The molecule has 1 heterocycles. The Balaban J connectivity index is 2.14. The van der Waals surface area contributed by atoms with Crippen LogP contribution in [-0.4, -0.2) is 48.1 Å². The number of urea groups is 1. The summed E-state index contributed by atoms with van der Waals surface area (Å²) in [5, 5.41) is 4.36. The number of benzene rings is 1. The van der Waals surface area contributed by atoms with Crippen LogP contribution in [0, 0.1) is 0 Å². The second-order valence-corrected chi connectivity index (χ2v) is 6.18. The molecule has 1 saturated heterocycles. The van der Waals surface area contributed by atoms with Crippen LogP contribution in [0.2, 0.25) is 5.02 Å². The summed E-state index contributed by atoms with van der Waals surface area (Å²) in [7, 11) is 1.74. The second kappa shape index (κ2) is 7.66. The quantitative estimate of drug-likeness (QED) is 0.918. The molecule has 2 rings (SSSR count). The lowest BCUT2D eigenvalue weighted by Crippen LogP contribution is -2.38. The molecule has 1 fully saturated rings. The van der Waals surface area contributed by atoms with E-state index < -0.39 is 0 Å². The molecule has 1 aromatic carbocycles. The fourth-order valence-corrected chi connectivity index (χ4v) is 2.29. The number of rotatable bonds is 3. The summed E-state index contributed by atoms with van der Waals surface area (Å²) in [5.41, 5.74) is 0.870. The van der Waals surface area contributed by atoms with Gasteiger partial charge in [-0.2, -0.15) is 0 Å². The van der Waals surface area contributed by atoms with Gasteiger partial charge in [-0.1, -0.05) is 11.6 Å². The van der Waals surface area contributed by atoms with Gasteiger partial charge < -0.3 is 10.2 Å². The topological polar surface area (TPSA) is 61.9 Å². The zero-order valence-electron chi connectivity index (χ0n) is 13.6. The van der Waals surface area contributed by atoms with Crippen molar-refractivity contribution < 1.29 is 14.4 Å². The third kappa shape index (κ3) is 4.36. The van der Waals surface area contributed by atoms with E-state index in [4.69, 9.17) is 16.4 Å². The minimum Gasteiger partial charge on any atom is -0.339 e. The zero-order chi connectivity index (χ0) is 17.0. The van der Waals surface area contributed by atoms with E-state index in [1.54, 1.807) is 30.1 Å². The Morgan fingerprint density at radius 2 is 2.09 bits per heavy atom. The highest BCUT2D eigenvalue weighted by molar-refractivity contribution is 6.33. The van der Waals surface area contributed by atoms with Crippen molar-refractivity contribution in [3.63, 3.8) is 0 Å². The number of hydroxylamine groups is 2. The van der Waals surface area contributed by atoms with Gasteiger partial charge in [-0.15, -0.1) is 0 Å². The van der Waals surface area contributed by atoms with Crippen LogP contribution in [-0.2, 0) is 4.84 Å². The summed E-state index contributed by atoms with van der Waals surface area (Å²) in [6.45, 7) is 4.94. The minimum absolute atomic E-state index is 0.0815. The van der Waals surface area contributed by atoms with Crippen LogP contribution in [0.3, 0.4) is 0 Å². The predicted octanol–water partition coefficient (Wildman–Crippen LogP) is 3.38. The van der Waals surface area contributed by atoms with Crippen molar-refractivity contribution in [2.45, 2.75) is 32.7 Å². The Labute approximate surface area is 141 Å². The first-order valence-electron chi connectivity index (χ1n) is 7.68. The molecule has 0 unspecified atom stereocenters. The molecule has 0 radical (unpaired) electrons. The normalized spacial score (nSPS) is 14.7. The van der Waals surface area contributed by atoms with Gasteiger partial charge in [0.15, 0.2) is 0 Å². The zero-order valence-corrected chi connectivity index (χ0v) is 14.4. The molecule has 126 valence electrons. The molecular weight excluding hydrogens is 318 g/mol. The van der Waals surface area contributed by atoms with Crippen molar-refractivity contribution in [3.8, 4) is 0 Å². The standard InChI is InChI=1S/C16H22ClN3O3/c1-11(2)19(3)15(21)12-6-7-13(17)14(10-12)18-16(22)20-8-4-5-9-23-20/h6-7,10-11H,4-5,8-9H2,1-3H3,(H,18,22). The Hall–Kier alpha value is -1.79. The van der Waals surface area contributed by atoms with Crippen LogP contribution >= 0.6 is 11.6 Å². The molecule has 0 atom stereocenters. The fourth-order valence-electron chi connectivity index (χ4n) is 2.13. The maximum Gasteiger partial charge on any atom is 0.345 e. The van der Waals surface area contributed by atoms with E-state index >= 15 is 0 Å². The minimum atomic E-state index is -0.381. The summed E-state index contributed by atoms with van der Waals surface area (Å²) >= 11 is 6.13. The number of carbonyl (C=O) groups excluding carboxylic acids is 2. The molecule has 1 aromatic rings. The lowest BCUT2D eigenvalue weighted by atomic mass is 10.1. The molecule has 1 N–H and O–H groups in total. The monoisotopic (exact) mass is 339 g/mol. The van der Waals surface area contributed by atoms with Crippen molar-refractivity contribution in [1.82, 2.24) is 9.96 Å². The average molecular weight is 340 g/mol. The lowest BCUT2D eigenvalue weighted by molar-refractivity contribution is -0.135. The third-order valence-electron chi connectivity index (χ3n) is 3.78. The van der Waals surface area contributed by atoms with Crippen LogP contribution in [0.15, 0.2) is 18.2 Å². The highest BCUT2D eigenvalue weighted by atomic mass is 35.5. The number of hydrogen-bond acceptors (Lipinski definition) is 3. The van der Waals surface area contributed by atoms with Gasteiger partial charge >= 0.3 is 6.03 Å². The Bertz CT molecular complexity index is 586. The Morgan fingerprint density at radius 3 is 2.70 bits per heavy atom. The largest absolute Gasteiger partial charge is 0.345 e. The smallest absolute Gasteiger partial charge is 0.339 e. The first-order valence-corrected chi connectivity index (χ1v) is 8.06. The molecule has 0 saturated carbocycles. The molecule has 0 aliphatic carbocycles. The van der Waals surface area contributed by atoms with Gasteiger partial charge in [0.05, 0.1) is 23.9 Å². The van der Waals surface area contributed by atoms with Crippen molar-refractivity contribution >= 4 is 29.2 Å². The van der Waals surface area contributed by atoms with Crippen LogP contribution in [0.4, 0.5) is 10.5 Å².